The van der Waals surface area contributed by atoms with Crippen LogP contribution >= 0.6 is 0 Å². The Kier molecular flexibility index (Phi) is 9.56. The van der Waals surface area contributed by atoms with Crippen LogP contribution in [0.4, 0.5) is 0 Å². The summed E-state index contributed by atoms with van der Waals surface area (Å²) in [6.45, 7) is 7.01. The van der Waals surface area contributed by atoms with E-state index in [1.807, 2.05) is 45.9 Å². The van der Waals surface area contributed by atoms with E-state index in [0.29, 0.717) is 5.75 Å². The number of carbonyl (C=O) groups excluding carboxylic acids is 2. The van der Waals surface area contributed by atoms with Crippen LogP contribution in [-0.4, -0.2) is 82.8 Å². The van der Waals surface area contributed by atoms with Gasteiger partial charge in [0.05, 0.1) is 13.2 Å². The van der Waals surface area contributed by atoms with Crippen LogP contribution in [0.1, 0.15) is 50.7 Å². The Morgan fingerprint density at radius 1 is 1.03 bits per heavy atom. The maximum absolute atomic E-state index is 12.3. The van der Waals surface area contributed by atoms with E-state index in [2.05, 4.69) is 5.32 Å². The number of aliphatic hydroxyl groups is 4. The quantitative estimate of drug-likeness (QED) is 0.155. The van der Waals surface area contributed by atoms with Crippen molar-refractivity contribution >= 4 is 11.9 Å². The molecule has 1 aliphatic rings. The van der Waals surface area contributed by atoms with Crippen LogP contribution in [0.2, 0.25) is 0 Å². The monoisotopic (exact) mass is 455 g/mol. The summed E-state index contributed by atoms with van der Waals surface area (Å²) in [5.74, 6) is -1.46. The summed E-state index contributed by atoms with van der Waals surface area (Å²) in [6.07, 6.45) is -7.02. The van der Waals surface area contributed by atoms with Crippen LogP contribution in [0, 0.1) is 0 Å². The molecule has 1 aromatic rings. The lowest BCUT2D eigenvalue weighted by Crippen LogP contribution is -2.59. The summed E-state index contributed by atoms with van der Waals surface area (Å²) in [4.78, 5) is 24.5. The van der Waals surface area contributed by atoms with E-state index < -0.39 is 49.2 Å². The smallest absolute Gasteiger partial charge is 0.402 e. The van der Waals surface area contributed by atoms with Gasteiger partial charge in [-0.2, -0.15) is 0 Å². The third-order valence-electron chi connectivity index (χ3n) is 5.22. The largest absolute Gasteiger partial charge is 0.419 e. The van der Waals surface area contributed by atoms with Gasteiger partial charge in [0.15, 0.2) is 6.29 Å². The molecule has 5 atom stereocenters. The normalized spacial score (nSPS) is 25.8. The number of nitrogens with one attached hydrogen (secondary N) is 1. The first-order chi connectivity index (χ1) is 15.1. The molecule has 1 fully saturated rings. The minimum absolute atomic E-state index is 0.0893. The Balaban J connectivity index is 1.90. The number of carbonyl (C=O) groups is 2. The topological polar surface area (TPSA) is 155 Å². The maximum Gasteiger partial charge on any atom is 0.402 e. The molecular weight excluding hydrogens is 422 g/mol. The number of hydrogen-bond acceptors (Lipinski definition) is 9. The summed E-state index contributed by atoms with van der Waals surface area (Å²) in [6, 6.07) is 5.59. The van der Waals surface area contributed by atoms with Crippen molar-refractivity contribution in [3.05, 3.63) is 29.3 Å². The van der Waals surface area contributed by atoms with Crippen molar-refractivity contribution in [2.24, 2.45) is 0 Å². The second-order valence-corrected chi connectivity index (χ2v) is 8.29. The van der Waals surface area contributed by atoms with Crippen molar-refractivity contribution in [2.45, 2.75) is 70.2 Å². The highest BCUT2D eigenvalue weighted by Crippen LogP contribution is 2.34. The maximum atomic E-state index is 12.3. The van der Waals surface area contributed by atoms with Crippen molar-refractivity contribution < 1.29 is 44.2 Å². The Labute approximate surface area is 187 Å². The summed E-state index contributed by atoms with van der Waals surface area (Å²) in [5.41, 5.74) is 1.65. The first-order valence-corrected chi connectivity index (χ1v) is 10.6. The van der Waals surface area contributed by atoms with Crippen LogP contribution in [-0.2, 0) is 19.1 Å². The minimum atomic E-state index is -1.56. The average molecular weight is 456 g/mol. The molecule has 1 saturated heterocycles. The molecule has 1 aromatic carbocycles. The van der Waals surface area contributed by atoms with Gasteiger partial charge in [-0.05, 0) is 23.0 Å². The number of para-hydroxylation sites is 1. The van der Waals surface area contributed by atoms with Crippen molar-refractivity contribution in [3.63, 3.8) is 0 Å². The highest BCUT2D eigenvalue weighted by atomic mass is 16.7. The van der Waals surface area contributed by atoms with E-state index in [4.69, 9.17) is 14.2 Å². The fourth-order valence-corrected chi connectivity index (χ4v) is 3.36. The first-order valence-electron chi connectivity index (χ1n) is 10.6. The van der Waals surface area contributed by atoms with Crippen molar-refractivity contribution in [3.8, 4) is 5.75 Å². The number of ether oxygens (including phenoxy) is 3. The molecule has 2 rings (SSSR count). The van der Waals surface area contributed by atoms with Gasteiger partial charge in [-0.25, -0.2) is 4.79 Å². The van der Waals surface area contributed by atoms with E-state index >= 15 is 0 Å². The molecule has 1 aliphatic heterocycles. The molecule has 32 heavy (non-hydrogen) atoms. The fourth-order valence-electron chi connectivity index (χ4n) is 3.36. The Morgan fingerprint density at radius 2 is 1.62 bits per heavy atom. The predicted octanol–water partition coefficient (Wildman–Crippen LogP) is -0.228. The summed E-state index contributed by atoms with van der Waals surface area (Å²) in [5, 5.41) is 41.0. The van der Waals surface area contributed by atoms with Gasteiger partial charge in [0.2, 0.25) is 0 Å². The van der Waals surface area contributed by atoms with Crippen molar-refractivity contribution in [1.29, 1.82) is 0 Å². The van der Waals surface area contributed by atoms with Gasteiger partial charge in [0, 0.05) is 6.54 Å². The second-order valence-electron chi connectivity index (χ2n) is 8.29. The van der Waals surface area contributed by atoms with E-state index in [0.717, 1.165) is 11.1 Å². The molecule has 1 amide bonds. The zero-order chi connectivity index (χ0) is 24.0. The lowest BCUT2D eigenvalue weighted by atomic mass is 9.94. The molecule has 0 radical (unpaired) electrons. The van der Waals surface area contributed by atoms with Crippen LogP contribution in [0.5, 0.6) is 5.75 Å². The van der Waals surface area contributed by atoms with Gasteiger partial charge in [-0.1, -0.05) is 45.9 Å². The summed E-state index contributed by atoms with van der Waals surface area (Å²) < 4.78 is 15.9. The summed E-state index contributed by atoms with van der Waals surface area (Å²) >= 11 is 0. The Morgan fingerprint density at radius 3 is 2.16 bits per heavy atom. The van der Waals surface area contributed by atoms with Gasteiger partial charge in [-0.15, -0.1) is 0 Å². The molecule has 0 saturated carbocycles. The van der Waals surface area contributed by atoms with Gasteiger partial charge >= 0.3 is 11.9 Å². The number of rotatable bonds is 8. The van der Waals surface area contributed by atoms with E-state index in [1.165, 1.54) is 0 Å². The number of aliphatic hydroxyl groups excluding tert-OH is 4. The Hall–Kier alpha value is -2.08. The zero-order valence-electron chi connectivity index (χ0n) is 18.7. The van der Waals surface area contributed by atoms with E-state index in [1.54, 1.807) is 0 Å². The zero-order valence-corrected chi connectivity index (χ0v) is 18.7. The molecule has 0 aliphatic carbocycles. The molecule has 0 spiro atoms. The highest BCUT2D eigenvalue weighted by Gasteiger charge is 2.43. The molecule has 1 heterocycles. The minimum Gasteiger partial charge on any atom is -0.419 e. The molecule has 180 valence electrons. The lowest BCUT2D eigenvalue weighted by Gasteiger charge is -2.39. The first kappa shape index (κ1) is 26.2. The lowest BCUT2D eigenvalue weighted by molar-refractivity contribution is -0.300. The second kappa shape index (κ2) is 11.7. The average Bonchev–Trinajstić information content (AvgIpc) is 2.75. The van der Waals surface area contributed by atoms with Gasteiger partial charge in [0.1, 0.15) is 30.2 Å². The van der Waals surface area contributed by atoms with E-state index in [9.17, 15) is 30.0 Å². The van der Waals surface area contributed by atoms with Crippen LogP contribution in [0.3, 0.4) is 0 Å². The summed E-state index contributed by atoms with van der Waals surface area (Å²) in [7, 11) is 0. The number of hydrogen-bond donors (Lipinski definition) is 5. The fraction of sp³-hybridized carbons (Fsp3) is 0.636. The van der Waals surface area contributed by atoms with Crippen molar-refractivity contribution in [2.75, 3.05) is 19.8 Å². The van der Waals surface area contributed by atoms with Gasteiger partial charge in [-0.3, -0.25) is 4.79 Å². The highest BCUT2D eigenvalue weighted by molar-refractivity contribution is 6.33. The molecule has 0 aromatic heterocycles. The molecule has 10 nitrogen and oxygen atoms in total. The third kappa shape index (κ3) is 6.25. The van der Waals surface area contributed by atoms with E-state index in [-0.39, 0.29) is 25.0 Å². The van der Waals surface area contributed by atoms with Crippen LogP contribution in [0.25, 0.3) is 0 Å². The molecule has 0 unspecified atom stereocenters. The molecule has 10 heteroatoms. The Bertz CT molecular complexity index is 754. The van der Waals surface area contributed by atoms with Gasteiger partial charge in [0.25, 0.3) is 0 Å². The van der Waals surface area contributed by atoms with Crippen molar-refractivity contribution in [1.82, 2.24) is 5.32 Å². The number of benzene rings is 1. The number of amides is 1. The standard InChI is InChI=1S/C22H33NO9/c1-11(2)13-6-5-7-14(12(3)4)19(13)32-21(29)20(28)23-8-9-30-22-18(27)17(26)16(25)15(10-24)31-22/h5-7,11-12,15-18,22,24-27H,8-10H2,1-4H3,(H,23,28)/t15-,16+,17+,18-,22-/m1/s1. The predicted molar refractivity (Wildman–Crippen MR) is 113 cm³/mol. The third-order valence-corrected chi connectivity index (χ3v) is 5.22. The van der Waals surface area contributed by atoms with Crippen LogP contribution < -0.4 is 10.1 Å². The van der Waals surface area contributed by atoms with Gasteiger partial charge < -0.3 is 40.0 Å². The molecule has 0 bridgehead atoms. The molecule has 5 N–H and O–H groups in total. The molecular formula is C22H33NO9. The van der Waals surface area contributed by atoms with Crippen LogP contribution in [0.15, 0.2) is 18.2 Å². The number of esters is 1. The SMILES string of the molecule is CC(C)c1cccc(C(C)C)c1OC(=O)C(=O)NCCO[C@@H]1O[C@H](CO)[C@H](O)[C@H](O)[C@H]1O.